The van der Waals surface area contributed by atoms with Gasteiger partial charge >= 0.3 is 0 Å². The zero-order valence-electron chi connectivity index (χ0n) is 13.9. The minimum absolute atomic E-state index is 0.0563. The van der Waals surface area contributed by atoms with E-state index in [1.807, 2.05) is 24.3 Å². The summed E-state index contributed by atoms with van der Waals surface area (Å²) < 4.78 is 5.60. The lowest BCUT2D eigenvalue weighted by atomic mass is 9.98. The molecular weight excluding hydrogens is 326 g/mol. The van der Waals surface area contributed by atoms with Crippen molar-refractivity contribution >= 4 is 29.1 Å². The number of para-hydroxylation sites is 1. The highest BCUT2D eigenvalue weighted by Gasteiger charge is 2.30. The molecule has 1 unspecified atom stereocenters. The zero-order chi connectivity index (χ0) is 17.5. The predicted molar refractivity (Wildman–Crippen MR) is 95.4 cm³/mol. The quantitative estimate of drug-likeness (QED) is 0.541. The number of hydrogen-bond donors (Lipinski definition) is 3. The van der Waals surface area contributed by atoms with Crippen LogP contribution in [-0.2, 0) is 9.59 Å². The van der Waals surface area contributed by atoms with Crippen LogP contribution in [0.2, 0.25) is 0 Å². The van der Waals surface area contributed by atoms with Crippen molar-refractivity contribution in [1.29, 1.82) is 0 Å². The van der Waals surface area contributed by atoms with E-state index in [0.29, 0.717) is 11.7 Å². The van der Waals surface area contributed by atoms with Crippen molar-refractivity contribution in [3.63, 3.8) is 0 Å². The van der Waals surface area contributed by atoms with Crippen molar-refractivity contribution in [3.8, 4) is 5.75 Å². The molecule has 2 amide bonds. The fourth-order valence-electron chi connectivity index (χ4n) is 2.14. The van der Waals surface area contributed by atoms with E-state index < -0.39 is 0 Å². The molecule has 0 saturated heterocycles. The number of rotatable bonds is 6. The van der Waals surface area contributed by atoms with Crippen molar-refractivity contribution in [3.05, 3.63) is 29.8 Å². The molecule has 0 radical (unpaired) electrons. The lowest BCUT2D eigenvalue weighted by molar-refractivity contribution is -0.124. The topological polar surface area (TPSA) is 79.5 Å². The normalized spacial score (nSPS) is 14.4. The van der Waals surface area contributed by atoms with Crippen LogP contribution in [0.25, 0.3) is 0 Å². The van der Waals surface area contributed by atoms with E-state index in [-0.39, 0.29) is 29.5 Å². The van der Waals surface area contributed by atoms with Gasteiger partial charge in [-0.05, 0) is 49.0 Å². The monoisotopic (exact) mass is 349 g/mol. The third kappa shape index (κ3) is 5.49. The second kappa shape index (κ2) is 8.63. The Bertz CT molecular complexity index is 617. The molecule has 0 aromatic heterocycles. The Balaban J connectivity index is 1.75. The van der Waals surface area contributed by atoms with E-state index in [0.717, 1.165) is 24.8 Å². The Morgan fingerprint density at radius 2 is 2.00 bits per heavy atom. The number of hydrazine groups is 1. The second-order valence-electron chi connectivity index (χ2n) is 5.90. The van der Waals surface area contributed by atoms with Crippen LogP contribution >= 0.6 is 12.2 Å². The van der Waals surface area contributed by atoms with Crippen molar-refractivity contribution in [1.82, 2.24) is 16.2 Å². The summed E-state index contributed by atoms with van der Waals surface area (Å²) in [7, 11) is 0. The number of carbonyl (C=O) groups is 2. The minimum Gasteiger partial charge on any atom is -0.483 e. The van der Waals surface area contributed by atoms with E-state index in [2.05, 4.69) is 30.0 Å². The summed E-state index contributed by atoms with van der Waals surface area (Å²) in [5.74, 6) is 0.623. The standard InChI is InChI=1S/C17H23N3O3S/c1-3-11(2)13-6-4-5-7-14(13)23-10-15(21)19-20-17(24)18-16(22)12-8-9-12/h4-7,11-12H,3,8-10H2,1-2H3,(H,19,21)(H2,18,20,22,24). The lowest BCUT2D eigenvalue weighted by Crippen LogP contribution is -2.50. The number of benzene rings is 1. The molecule has 130 valence electrons. The molecule has 1 aliphatic rings. The molecule has 0 bridgehead atoms. The van der Waals surface area contributed by atoms with Gasteiger partial charge in [0.1, 0.15) is 5.75 Å². The third-order valence-corrected chi connectivity index (χ3v) is 4.13. The molecule has 7 heteroatoms. The maximum absolute atomic E-state index is 11.8. The van der Waals surface area contributed by atoms with Crippen molar-refractivity contribution in [2.45, 2.75) is 39.0 Å². The Hall–Kier alpha value is -2.15. The van der Waals surface area contributed by atoms with Crippen LogP contribution in [0.5, 0.6) is 5.75 Å². The molecule has 0 aliphatic heterocycles. The van der Waals surface area contributed by atoms with Gasteiger partial charge in [0.15, 0.2) is 11.7 Å². The number of carbonyl (C=O) groups excluding carboxylic acids is 2. The highest BCUT2D eigenvalue weighted by atomic mass is 32.1. The molecule has 1 atom stereocenters. The van der Waals surface area contributed by atoms with E-state index in [1.165, 1.54) is 0 Å². The van der Waals surface area contributed by atoms with Gasteiger partial charge < -0.3 is 10.1 Å². The lowest BCUT2D eigenvalue weighted by Gasteiger charge is -2.16. The molecule has 0 spiro atoms. The Labute approximate surface area is 147 Å². The van der Waals surface area contributed by atoms with Gasteiger partial charge in [0, 0.05) is 5.92 Å². The van der Waals surface area contributed by atoms with E-state index >= 15 is 0 Å². The molecule has 0 heterocycles. The number of amides is 2. The van der Waals surface area contributed by atoms with Crippen molar-refractivity contribution < 1.29 is 14.3 Å². The van der Waals surface area contributed by atoms with Gasteiger partial charge in [0.25, 0.3) is 5.91 Å². The van der Waals surface area contributed by atoms with Gasteiger partial charge in [-0.2, -0.15) is 0 Å². The summed E-state index contributed by atoms with van der Waals surface area (Å²) in [6, 6.07) is 7.68. The summed E-state index contributed by atoms with van der Waals surface area (Å²) in [4.78, 5) is 23.4. The highest BCUT2D eigenvalue weighted by molar-refractivity contribution is 7.80. The van der Waals surface area contributed by atoms with E-state index in [1.54, 1.807) is 0 Å². The van der Waals surface area contributed by atoms with E-state index in [4.69, 9.17) is 17.0 Å². The number of nitrogens with one attached hydrogen (secondary N) is 3. The summed E-state index contributed by atoms with van der Waals surface area (Å²) >= 11 is 4.95. The zero-order valence-corrected chi connectivity index (χ0v) is 14.7. The van der Waals surface area contributed by atoms with Crippen LogP contribution < -0.4 is 20.9 Å². The summed E-state index contributed by atoms with van der Waals surface area (Å²) in [6.07, 6.45) is 2.78. The summed E-state index contributed by atoms with van der Waals surface area (Å²) in [5.41, 5.74) is 5.99. The highest BCUT2D eigenvalue weighted by Crippen LogP contribution is 2.29. The van der Waals surface area contributed by atoms with E-state index in [9.17, 15) is 9.59 Å². The molecule has 2 rings (SSSR count). The first kappa shape index (κ1) is 18.2. The SMILES string of the molecule is CCC(C)c1ccccc1OCC(=O)NNC(=S)NC(=O)C1CC1. The largest absolute Gasteiger partial charge is 0.483 e. The van der Waals surface area contributed by atoms with Crippen LogP contribution in [0.15, 0.2) is 24.3 Å². The molecule has 1 fully saturated rings. The summed E-state index contributed by atoms with van der Waals surface area (Å²) in [5, 5.41) is 2.61. The molecule has 24 heavy (non-hydrogen) atoms. The first-order chi connectivity index (χ1) is 11.5. The fourth-order valence-corrected chi connectivity index (χ4v) is 2.29. The van der Waals surface area contributed by atoms with Crippen LogP contribution in [0.4, 0.5) is 0 Å². The second-order valence-corrected chi connectivity index (χ2v) is 6.31. The van der Waals surface area contributed by atoms with Gasteiger partial charge in [0.2, 0.25) is 5.91 Å². The maximum atomic E-state index is 11.8. The molecule has 6 nitrogen and oxygen atoms in total. The van der Waals surface area contributed by atoms with Gasteiger partial charge in [-0.25, -0.2) is 0 Å². The van der Waals surface area contributed by atoms with Crippen LogP contribution in [0, 0.1) is 5.92 Å². The van der Waals surface area contributed by atoms with Crippen LogP contribution in [0.3, 0.4) is 0 Å². The molecule has 1 aromatic rings. The smallest absolute Gasteiger partial charge is 0.276 e. The first-order valence-electron chi connectivity index (χ1n) is 8.12. The van der Waals surface area contributed by atoms with Crippen LogP contribution in [-0.4, -0.2) is 23.5 Å². The molecule has 1 aliphatic carbocycles. The maximum Gasteiger partial charge on any atom is 0.276 e. The number of thiocarbonyl (C=S) groups is 1. The average molecular weight is 349 g/mol. The van der Waals surface area contributed by atoms with Gasteiger partial charge in [-0.1, -0.05) is 32.0 Å². The van der Waals surface area contributed by atoms with Gasteiger partial charge in [-0.3, -0.25) is 20.4 Å². The number of ether oxygens (including phenoxy) is 1. The Morgan fingerprint density at radius 1 is 1.29 bits per heavy atom. The van der Waals surface area contributed by atoms with Crippen molar-refractivity contribution in [2.75, 3.05) is 6.61 Å². The van der Waals surface area contributed by atoms with Crippen LogP contribution in [0.1, 0.15) is 44.6 Å². The molecule has 1 saturated carbocycles. The fraction of sp³-hybridized carbons (Fsp3) is 0.471. The Kier molecular flexibility index (Phi) is 6.54. The molecular formula is C17H23N3O3S. The van der Waals surface area contributed by atoms with Crippen molar-refractivity contribution in [2.24, 2.45) is 5.92 Å². The molecule has 3 N–H and O–H groups in total. The van der Waals surface area contributed by atoms with Gasteiger partial charge in [-0.15, -0.1) is 0 Å². The predicted octanol–water partition coefficient (Wildman–Crippen LogP) is 2.01. The van der Waals surface area contributed by atoms with Gasteiger partial charge in [0.05, 0.1) is 0 Å². The summed E-state index contributed by atoms with van der Waals surface area (Å²) in [6.45, 7) is 4.08. The molecule has 1 aromatic carbocycles. The third-order valence-electron chi connectivity index (χ3n) is 3.92. The first-order valence-corrected chi connectivity index (χ1v) is 8.53. The Morgan fingerprint density at radius 3 is 2.67 bits per heavy atom. The minimum atomic E-state index is -0.378. The number of hydrogen-bond acceptors (Lipinski definition) is 4. The average Bonchev–Trinajstić information content (AvgIpc) is 3.42.